The molecule has 9 heteroatoms. The molecule has 3 aromatic rings. The Labute approximate surface area is 199 Å². The van der Waals surface area contributed by atoms with Crippen molar-refractivity contribution < 1.29 is 13.2 Å². The monoisotopic (exact) mass is 565 g/mol. The molecule has 3 rings (SSSR count). The highest BCUT2D eigenvalue weighted by molar-refractivity contribution is 14.1. The van der Waals surface area contributed by atoms with E-state index in [1.165, 1.54) is 52.1 Å². The summed E-state index contributed by atoms with van der Waals surface area (Å²) in [4.78, 5) is 17.1. The molecule has 1 N–H and O–H groups in total. The lowest BCUT2D eigenvalue weighted by Gasteiger charge is -2.19. The van der Waals surface area contributed by atoms with Crippen LogP contribution in [-0.2, 0) is 10.0 Å². The number of rotatable bonds is 9. The van der Waals surface area contributed by atoms with Gasteiger partial charge >= 0.3 is 0 Å². The number of hydrogen-bond donors (Lipinski definition) is 1. The number of halogens is 1. The fourth-order valence-electron chi connectivity index (χ4n) is 2.74. The van der Waals surface area contributed by atoms with Crippen LogP contribution in [0, 0.1) is 3.57 Å². The maximum absolute atomic E-state index is 12.8. The summed E-state index contributed by atoms with van der Waals surface area (Å²) in [5.74, 6) is -0.360. The van der Waals surface area contributed by atoms with E-state index >= 15 is 0 Å². The minimum atomic E-state index is -3.71. The number of thiazole rings is 1. The first-order valence-electron chi connectivity index (χ1n) is 9.20. The maximum Gasteiger partial charge on any atom is 0.257 e. The lowest BCUT2D eigenvalue weighted by Crippen LogP contribution is -2.31. The second-order valence-corrected chi connectivity index (χ2v) is 10.5. The van der Waals surface area contributed by atoms with E-state index in [9.17, 15) is 13.2 Å². The third-order valence-corrected chi connectivity index (χ3v) is 7.61. The molecule has 0 bridgehead atoms. The number of amides is 1. The van der Waals surface area contributed by atoms with E-state index < -0.39 is 10.0 Å². The molecule has 1 aromatic heterocycles. The summed E-state index contributed by atoms with van der Waals surface area (Å²) in [5.41, 5.74) is 2.09. The average Bonchev–Trinajstić information content (AvgIpc) is 3.22. The highest BCUT2D eigenvalue weighted by Crippen LogP contribution is 2.26. The zero-order valence-corrected chi connectivity index (χ0v) is 20.3. The molecule has 2 aromatic carbocycles. The Morgan fingerprint density at radius 2 is 1.68 bits per heavy atom. The third kappa shape index (κ3) is 5.67. The van der Waals surface area contributed by atoms with Crippen LogP contribution in [0.15, 0.2) is 84.1 Å². The van der Waals surface area contributed by atoms with Crippen molar-refractivity contribution >= 4 is 55.0 Å². The highest BCUT2D eigenvalue weighted by atomic mass is 127. The van der Waals surface area contributed by atoms with Crippen LogP contribution in [0.25, 0.3) is 11.3 Å². The van der Waals surface area contributed by atoms with Crippen LogP contribution in [0.2, 0.25) is 0 Å². The van der Waals surface area contributed by atoms with Gasteiger partial charge in [-0.15, -0.1) is 24.5 Å². The Balaban J connectivity index is 1.73. The van der Waals surface area contributed by atoms with Crippen molar-refractivity contribution in [2.75, 3.05) is 18.4 Å². The summed E-state index contributed by atoms with van der Waals surface area (Å²) >= 11 is 3.57. The predicted octanol–water partition coefficient (Wildman–Crippen LogP) is 5.03. The lowest BCUT2D eigenvalue weighted by molar-refractivity contribution is 0.102. The van der Waals surface area contributed by atoms with Gasteiger partial charge in [0.2, 0.25) is 10.0 Å². The van der Waals surface area contributed by atoms with Gasteiger partial charge in [0, 0.05) is 33.2 Å². The molecule has 0 saturated heterocycles. The summed E-state index contributed by atoms with van der Waals surface area (Å²) < 4.78 is 27.9. The van der Waals surface area contributed by atoms with Crippen molar-refractivity contribution in [3.8, 4) is 11.3 Å². The van der Waals surface area contributed by atoms with Crippen molar-refractivity contribution in [2.45, 2.75) is 4.90 Å². The number of carbonyl (C=O) groups is 1. The zero-order valence-electron chi connectivity index (χ0n) is 16.5. The van der Waals surface area contributed by atoms with Gasteiger partial charge in [-0.05, 0) is 59.0 Å². The van der Waals surface area contributed by atoms with Crippen LogP contribution in [0.4, 0.5) is 5.13 Å². The number of anilines is 1. The molecule has 160 valence electrons. The topological polar surface area (TPSA) is 79.4 Å². The number of aromatic nitrogens is 1. The van der Waals surface area contributed by atoms with Gasteiger partial charge in [0.25, 0.3) is 5.91 Å². The fraction of sp³-hybridized carbons (Fsp3) is 0.0909. The molecule has 1 heterocycles. The van der Waals surface area contributed by atoms with Crippen molar-refractivity contribution in [3.63, 3.8) is 0 Å². The van der Waals surface area contributed by atoms with E-state index in [2.05, 4.69) is 46.0 Å². The van der Waals surface area contributed by atoms with Crippen molar-refractivity contribution in [1.29, 1.82) is 0 Å². The summed E-state index contributed by atoms with van der Waals surface area (Å²) in [7, 11) is -3.71. The minimum absolute atomic E-state index is 0.1000. The molecule has 0 spiro atoms. The van der Waals surface area contributed by atoms with E-state index in [4.69, 9.17) is 0 Å². The standard InChI is InChI=1S/C22H20IN3O3S2/c1-3-13-26(14-4-2)31(28,29)19-11-7-17(8-12-19)21(27)25-22-24-20(15-30-22)16-5-9-18(23)10-6-16/h3-12,15H,1-2,13-14H2,(H,24,25,27). The van der Waals surface area contributed by atoms with Crippen LogP contribution in [0.3, 0.4) is 0 Å². The third-order valence-electron chi connectivity index (χ3n) is 4.28. The Kier molecular flexibility index (Phi) is 7.76. The molecule has 0 fully saturated rings. The number of nitrogens with zero attached hydrogens (tertiary/aromatic N) is 2. The van der Waals surface area contributed by atoms with Gasteiger partial charge in [0.15, 0.2) is 5.13 Å². The molecule has 0 aliphatic heterocycles. The van der Waals surface area contributed by atoms with Gasteiger partial charge in [-0.3, -0.25) is 10.1 Å². The Hall–Kier alpha value is -2.34. The summed E-state index contributed by atoms with van der Waals surface area (Å²) in [6, 6.07) is 13.7. The molecule has 0 radical (unpaired) electrons. The average molecular weight is 565 g/mol. The Morgan fingerprint density at radius 1 is 1.06 bits per heavy atom. The van der Waals surface area contributed by atoms with E-state index in [0.29, 0.717) is 10.7 Å². The molecule has 0 saturated carbocycles. The smallest absolute Gasteiger partial charge is 0.257 e. The fourth-order valence-corrected chi connectivity index (χ4v) is 5.20. The van der Waals surface area contributed by atoms with Crippen LogP contribution >= 0.6 is 33.9 Å². The van der Waals surface area contributed by atoms with Crippen LogP contribution < -0.4 is 5.32 Å². The van der Waals surface area contributed by atoms with E-state index in [-0.39, 0.29) is 23.9 Å². The molecule has 31 heavy (non-hydrogen) atoms. The summed E-state index contributed by atoms with van der Waals surface area (Å²) in [6.45, 7) is 7.53. The first-order valence-corrected chi connectivity index (χ1v) is 12.6. The molecule has 0 aliphatic rings. The molecule has 0 unspecified atom stereocenters. The van der Waals surface area contributed by atoms with Crippen LogP contribution in [-0.4, -0.2) is 36.7 Å². The first kappa shape index (κ1) is 23.3. The summed E-state index contributed by atoms with van der Waals surface area (Å²) in [5, 5.41) is 5.11. The zero-order chi connectivity index (χ0) is 22.4. The molecule has 1 amide bonds. The first-order chi connectivity index (χ1) is 14.8. The molecule has 0 atom stereocenters. The molecular formula is C22H20IN3O3S2. The van der Waals surface area contributed by atoms with Gasteiger partial charge < -0.3 is 0 Å². The minimum Gasteiger partial charge on any atom is -0.298 e. The SMILES string of the molecule is C=CCN(CC=C)S(=O)(=O)c1ccc(C(=O)Nc2nc(-c3ccc(I)cc3)cs2)cc1. The van der Waals surface area contributed by atoms with Gasteiger partial charge in [0.05, 0.1) is 10.6 Å². The lowest BCUT2D eigenvalue weighted by atomic mass is 10.2. The number of benzene rings is 2. The van der Waals surface area contributed by atoms with Crippen molar-refractivity contribution in [2.24, 2.45) is 0 Å². The number of sulfonamides is 1. The van der Waals surface area contributed by atoms with Crippen LogP contribution in [0.1, 0.15) is 10.4 Å². The van der Waals surface area contributed by atoms with Gasteiger partial charge in [0.1, 0.15) is 0 Å². The normalized spacial score (nSPS) is 11.3. The number of nitrogens with one attached hydrogen (secondary N) is 1. The van der Waals surface area contributed by atoms with Gasteiger partial charge in [-0.2, -0.15) is 4.31 Å². The van der Waals surface area contributed by atoms with Gasteiger partial charge in [-0.1, -0.05) is 24.3 Å². The van der Waals surface area contributed by atoms with Gasteiger partial charge in [-0.25, -0.2) is 13.4 Å². The van der Waals surface area contributed by atoms with E-state index in [1.54, 1.807) is 0 Å². The highest BCUT2D eigenvalue weighted by Gasteiger charge is 2.22. The van der Waals surface area contributed by atoms with Crippen LogP contribution in [0.5, 0.6) is 0 Å². The Morgan fingerprint density at radius 3 is 2.26 bits per heavy atom. The largest absolute Gasteiger partial charge is 0.298 e. The second-order valence-electron chi connectivity index (χ2n) is 6.42. The summed E-state index contributed by atoms with van der Waals surface area (Å²) in [6.07, 6.45) is 3.03. The van der Waals surface area contributed by atoms with Crippen molar-refractivity contribution in [1.82, 2.24) is 9.29 Å². The number of carbonyl (C=O) groups excluding carboxylic acids is 1. The predicted molar refractivity (Wildman–Crippen MR) is 134 cm³/mol. The second kappa shape index (κ2) is 10.3. The van der Waals surface area contributed by atoms with E-state index in [0.717, 1.165) is 14.8 Å². The van der Waals surface area contributed by atoms with E-state index in [1.807, 2.05) is 29.6 Å². The van der Waals surface area contributed by atoms with Crippen molar-refractivity contribution in [3.05, 3.63) is 88.4 Å². The molecule has 0 aliphatic carbocycles. The maximum atomic E-state index is 12.8. The molecule has 6 nitrogen and oxygen atoms in total. The Bertz CT molecular complexity index is 1180. The number of hydrogen-bond acceptors (Lipinski definition) is 5. The quantitative estimate of drug-likeness (QED) is 0.292. The molecular weight excluding hydrogens is 545 g/mol.